The second-order valence-electron chi connectivity index (χ2n) is 8.59. The van der Waals surface area contributed by atoms with Gasteiger partial charge < -0.3 is 14.7 Å². The number of nitrogens with zero attached hydrogens (tertiary/aromatic N) is 1. The van der Waals surface area contributed by atoms with E-state index in [2.05, 4.69) is 46.9 Å². The fraction of sp³-hybridized carbons (Fsp3) is 0.458. The van der Waals surface area contributed by atoms with Gasteiger partial charge in [0.2, 0.25) is 5.91 Å². The van der Waals surface area contributed by atoms with Crippen LogP contribution in [0.1, 0.15) is 43.0 Å². The van der Waals surface area contributed by atoms with Gasteiger partial charge in [-0.2, -0.15) is 0 Å². The number of aliphatic hydroxyl groups excluding tert-OH is 1. The monoisotopic (exact) mass is 505 g/mol. The highest BCUT2D eigenvalue weighted by molar-refractivity contribution is 14.1. The number of hydrogen-bond acceptors (Lipinski definition) is 3. The van der Waals surface area contributed by atoms with E-state index in [0.717, 1.165) is 12.0 Å². The first-order valence-corrected chi connectivity index (χ1v) is 11.8. The number of carbonyl (C=O) groups excluding carboxylic acids is 1. The van der Waals surface area contributed by atoms with E-state index in [1.165, 1.54) is 11.1 Å². The lowest BCUT2D eigenvalue weighted by Crippen LogP contribution is -2.48. The van der Waals surface area contributed by atoms with Gasteiger partial charge in [0.15, 0.2) is 0 Å². The Hall–Kier alpha value is -1.44. The molecule has 5 heteroatoms. The number of fused-ring (bicyclic) bond motifs is 3. The number of benzene rings is 2. The second kappa shape index (κ2) is 8.36. The van der Waals surface area contributed by atoms with Crippen molar-refractivity contribution in [1.29, 1.82) is 0 Å². The minimum absolute atomic E-state index is 0.00164. The van der Waals surface area contributed by atoms with Crippen molar-refractivity contribution in [2.24, 2.45) is 5.92 Å². The topological polar surface area (TPSA) is 49.8 Å². The third-order valence-electron chi connectivity index (χ3n) is 6.09. The molecule has 0 bridgehead atoms. The van der Waals surface area contributed by atoms with Gasteiger partial charge in [0.05, 0.1) is 18.2 Å². The van der Waals surface area contributed by atoms with Crippen molar-refractivity contribution in [3.05, 3.63) is 71.3 Å². The molecule has 0 radical (unpaired) electrons. The van der Waals surface area contributed by atoms with Gasteiger partial charge >= 0.3 is 0 Å². The highest BCUT2D eigenvalue weighted by atomic mass is 127. The standard InChI is InChI=1S/C24H28INO3/c1-24(2)26(22-20-11-7-6-10-17(20)14-21(22)29-24)23(28)18(13-19(27)15-25)12-16-8-4-3-5-9-16/h3-11,18-19,21-22,27H,12-15H2,1-2H3/t18?,19?,21-,22+/m1/s1. The Kier molecular flexibility index (Phi) is 6.00. The smallest absolute Gasteiger partial charge is 0.228 e. The molecule has 1 aliphatic heterocycles. The summed E-state index contributed by atoms with van der Waals surface area (Å²) in [7, 11) is 0. The maximum atomic E-state index is 13.9. The number of halogens is 1. The highest BCUT2D eigenvalue weighted by Crippen LogP contribution is 2.49. The Labute approximate surface area is 186 Å². The lowest BCUT2D eigenvalue weighted by molar-refractivity contribution is -0.153. The second-order valence-corrected chi connectivity index (χ2v) is 9.47. The molecule has 2 aliphatic rings. The summed E-state index contributed by atoms with van der Waals surface area (Å²) in [5.74, 6) is -0.205. The maximum Gasteiger partial charge on any atom is 0.228 e. The Morgan fingerprint density at radius 2 is 1.90 bits per heavy atom. The van der Waals surface area contributed by atoms with E-state index in [1.54, 1.807) is 0 Å². The summed E-state index contributed by atoms with van der Waals surface area (Å²) < 4.78 is 6.98. The van der Waals surface area contributed by atoms with Crippen LogP contribution in [0.5, 0.6) is 0 Å². The molecule has 1 saturated heterocycles. The predicted molar refractivity (Wildman–Crippen MR) is 122 cm³/mol. The van der Waals surface area contributed by atoms with Crippen LogP contribution in [0.4, 0.5) is 0 Å². The largest absolute Gasteiger partial charge is 0.392 e. The van der Waals surface area contributed by atoms with Crippen molar-refractivity contribution in [2.75, 3.05) is 4.43 Å². The summed E-state index contributed by atoms with van der Waals surface area (Å²) in [4.78, 5) is 15.9. The van der Waals surface area contributed by atoms with Crippen LogP contribution in [0.3, 0.4) is 0 Å². The van der Waals surface area contributed by atoms with Crippen molar-refractivity contribution in [2.45, 2.75) is 57.1 Å². The lowest BCUT2D eigenvalue weighted by Gasteiger charge is -2.37. The van der Waals surface area contributed by atoms with Gasteiger partial charge in [-0.3, -0.25) is 4.79 Å². The van der Waals surface area contributed by atoms with Crippen LogP contribution in [0.15, 0.2) is 54.6 Å². The molecule has 1 heterocycles. The Morgan fingerprint density at radius 1 is 1.21 bits per heavy atom. The third kappa shape index (κ3) is 4.09. The van der Waals surface area contributed by atoms with Crippen molar-refractivity contribution in [1.82, 2.24) is 4.90 Å². The molecule has 2 aromatic carbocycles. The third-order valence-corrected chi connectivity index (χ3v) is 7.11. The molecule has 2 aromatic rings. The van der Waals surface area contributed by atoms with Crippen molar-refractivity contribution < 1.29 is 14.6 Å². The number of alkyl halides is 1. The molecular formula is C24H28INO3. The normalized spacial score (nSPS) is 24.1. The molecule has 4 rings (SSSR count). The summed E-state index contributed by atoms with van der Waals surface area (Å²) in [5, 5.41) is 10.4. The average molecular weight is 505 g/mol. The molecule has 0 aromatic heterocycles. The summed E-state index contributed by atoms with van der Waals surface area (Å²) in [6.07, 6.45) is 1.43. The zero-order chi connectivity index (χ0) is 20.6. The van der Waals surface area contributed by atoms with E-state index in [1.807, 2.05) is 49.1 Å². The Balaban J connectivity index is 1.66. The maximum absolute atomic E-state index is 13.9. The molecule has 4 nitrogen and oxygen atoms in total. The van der Waals surface area contributed by atoms with Crippen molar-refractivity contribution in [3.63, 3.8) is 0 Å². The molecule has 4 atom stereocenters. The Bertz CT molecular complexity index is 869. The fourth-order valence-electron chi connectivity index (χ4n) is 4.87. The Morgan fingerprint density at radius 3 is 2.62 bits per heavy atom. The molecule has 0 spiro atoms. The molecule has 0 saturated carbocycles. The SMILES string of the molecule is CC1(C)O[C@@H]2Cc3ccccc3[C@@H]2N1C(=O)C(Cc1ccccc1)CC(O)CI. The molecule has 2 unspecified atom stereocenters. The first-order chi connectivity index (χ1) is 13.9. The van der Waals surface area contributed by atoms with E-state index in [0.29, 0.717) is 17.3 Å². The zero-order valence-corrected chi connectivity index (χ0v) is 19.1. The van der Waals surface area contributed by atoms with Crippen molar-refractivity contribution in [3.8, 4) is 0 Å². The molecular weight excluding hydrogens is 477 g/mol. The van der Waals surface area contributed by atoms with Gasteiger partial charge in [0.25, 0.3) is 0 Å². The number of hydrogen-bond donors (Lipinski definition) is 1. The van der Waals surface area contributed by atoms with Gasteiger partial charge in [0, 0.05) is 16.8 Å². The highest BCUT2D eigenvalue weighted by Gasteiger charge is 2.54. The van der Waals surface area contributed by atoms with Gasteiger partial charge in [-0.05, 0) is 43.4 Å². The number of aliphatic hydroxyl groups is 1. The van der Waals surface area contributed by atoms with E-state index in [-0.39, 0.29) is 24.0 Å². The first kappa shape index (κ1) is 20.8. The van der Waals surface area contributed by atoms with Crippen molar-refractivity contribution >= 4 is 28.5 Å². The quantitative estimate of drug-likeness (QED) is 0.471. The van der Waals surface area contributed by atoms with Crippen LogP contribution in [-0.4, -0.2) is 38.3 Å². The van der Waals surface area contributed by atoms with Crippen LogP contribution in [-0.2, 0) is 22.4 Å². The van der Waals surface area contributed by atoms with E-state index < -0.39 is 11.8 Å². The van der Waals surface area contributed by atoms with Crippen LogP contribution in [0, 0.1) is 5.92 Å². The molecule has 1 aliphatic carbocycles. The zero-order valence-electron chi connectivity index (χ0n) is 16.9. The van der Waals surface area contributed by atoms with Crippen LogP contribution in [0.2, 0.25) is 0 Å². The minimum Gasteiger partial charge on any atom is -0.392 e. The average Bonchev–Trinajstić information content (AvgIpc) is 3.17. The summed E-state index contributed by atoms with van der Waals surface area (Å²) in [6, 6.07) is 18.4. The van der Waals surface area contributed by atoms with Gasteiger partial charge in [-0.25, -0.2) is 0 Å². The molecule has 1 N–H and O–H groups in total. The van der Waals surface area contributed by atoms with E-state index >= 15 is 0 Å². The molecule has 1 fully saturated rings. The summed E-state index contributed by atoms with van der Waals surface area (Å²) in [6.45, 7) is 3.97. The van der Waals surface area contributed by atoms with Gasteiger partial charge in [-0.15, -0.1) is 0 Å². The lowest BCUT2D eigenvalue weighted by atomic mass is 9.91. The predicted octanol–water partition coefficient (Wildman–Crippen LogP) is 4.29. The molecule has 154 valence electrons. The summed E-state index contributed by atoms with van der Waals surface area (Å²) in [5.41, 5.74) is 2.92. The molecule has 1 amide bonds. The fourth-order valence-corrected chi connectivity index (χ4v) is 5.23. The van der Waals surface area contributed by atoms with Gasteiger partial charge in [0.1, 0.15) is 5.72 Å². The number of ether oxygens (including phenoxy) is 1. The first-order valence-electron chi connectivity index (χ1n) is 10.3. The number of carbonyl (C=O) groups is 1. The summed E-state index contributed by atoms with van der Waals surface area (Å²) >= 11 is 2.18. The van der Waals surface area contributed by atoms with Gasteiger partial charge in [-0.1, -0.05) is 77.2 Å². The van der Waals surface area contributed by atoms with Crippen LogP contribution < -0.4 is 0 Å². The van der Waals surface area contributed by atoms with Crippen LogP contribution in [0.25, 0.3) is 0 Å². The number of amides is 1. The van der Waals surface area contributed by atoms with Crippen LogP contribution >= 0.6 is 22.6 Å². The van der Waals surface area contributed by atoms with E-state index in [4.69, 9.17) is 4.74 Å². The molecule has 29 heavy (non-hydrogen) atoms. The minimum atomic E-state index is -0.663. The number of rotatable bonds is 6. The van der Waals surface area contributed by atoms with E-state index in [9.17, 15) is 9.90 Å².